The van der Waals surface area contributed by atoms with Gasteiger partial charge in [0.2, 0.25) is 0 Å². The second-order valence-electron chi connectivity index (χ2n) is 6.62. The molecule has 0 saturated heterocycles. The zero-order valence-corrected chi connectivity index (χ0v) is 14.7. The lowest BCUT2D eigenvalue weighted by atomic mass is 9.78. The lowest BCUT2D eigenvalue weighted by Crippen LogP contribution is -2.47. The predicted octanol–water partition coefficient (Wildman–Crippen LogP) is 2.94. The first-order chi connectivity index (χ1) is 11.5. The van der Waals surface area contributed by atoms with E-state index in [-0.39, 0.29) is 18.6 Å². The summed E-state index contributed by atoms with van der Waals surface area (Å²) in [4.78, 5) is 24.1. The lowest BCUT2D eigenvalue weighted by molar-refractivity contribution is -0.157. The zero-order valence-electron chi connectivity index (χ0n) is 14.7. The highest BCUT2D eigenvalue weighted by Gasteiger charge is 2.30. The van der Waals surface area contributed by atoms with Gasteiger partial charge in [-0.3, -0.25) is 4.79 Å². The van der Waals surface area contributed by atoms with Crippen LogP contribution in [0.25, 0.3) is 0 Å². The fourth-order valence-corrected chi connectivity index (χ4v) is 3.03. The van der Waals surface area contributed by atoms with Crippen LogP contribution in [0.5, 0.6) is 5.75 Å². The van der Waals surface area contributed by atoms with Gasteiger partial charge in [0.1, 0.15) is 5.75 Å². The lowest BCUT2D eigenvalue weighted by Gasteiger charge is -2.35. The van der Waals surface area contributed by atoms with Crippen LogP contribution in [0.4, 0.5) is 0 Å². The predicted molar refractivity (Wildman–Crippen MR) is 91.6 cm³/mol. The molecule has 0 bridgehead atoms. The molecule has 5 heteroatoms. The second kappa shape index (κ2) is 8.71. The number of benzene rings is 1. The van der Waals surface area contributed by atoms with E-state index in [0.717, 1.165) is 12.8 Å². The molecule has 0 heterocycles. The van der Waals surface area contributed by atoms with E-state index in [1.807, 2.05) is 18.2 Å². The van der Waals surface area contributed by atoms with Gasteiger partial charge >= 0.3 is 5.97 Å². The number of para-hydroxylation sites is 1. The molecule has 0 spiro atoms. The highest BCUT2D eigenvalue weighted by molar-refractivity contribution is 5.83. The summed E-state index contributed by atoms with van der Waals surface area (Å²) in [5.74, 6) is 0.838. The highest BCUT2D eigenvalue weighted by atomic mass is 16.6. The van der Waals surface area contributed by atoms with Crippen molar-refractivity contribution in [2.75, 3.05) is 6.61 Å². The number of hydrogen-bond donors (Lipinski definition) is 1. The zero-order chi connectivity index (χ0) is 17.5. The van der Waals surface area contributed by atoms with Gasteiger partial charge in [-0.05, 0) is 37.3 Å². The molecule has 2 rings (SSSR count). The molecule has 0 aliphatic heterocycles. The van der Waals surface area contributed by atoms with Gasteiger partial charge in [0, 0.05) is 6.04 Å². The highest BCUT2D eigenvalue weighted by Crippen LogP contribution is 2.29. The van der Waals surface area contributed by atoms with Crippen LogP contribution in [0.15, 0.2) is 30.3 Å². The Morgan fingerprint density at radius 2 is 1.92 bits per heavy atom. The number of nitrogens with one attached hydrogen (secondary N) is 1. The maximum Gasteiger partial charge on any atom is 0.344 e. The Hall–Kier alpha value is -2.04. The maximum absolute atomic E-state index is 12.2. The molecule has 1 amide bonds. The third-order valence-corrected chi connectivity index (χ3v) is 4.81. The van der Waals surface area contributed by atoms with E-state index >= 15 is 0 Å². The van der Waals surface area contributed by atoms with Crippen molar-refractivity contribution in [2.45, 2.75) is 52.2 Å². The Balaban J connectivity index is 1.75. The van der Waals surface area contributed by atoms with Gasteiger partial charge < -0.3 is 14.8 Å². The summed E-state index contributed by atoms with van der Waals surface area (Å²) in [5, 5.41) is 3.02. The molecule has 132 valence electrons. The van der Waals surface area contributed by atoms with Crippen molar-refractivity contribution in [3.05, 3.63) is 30.3 Å². The van der Waals surface area contributed by atoms with Crippen molar-refractivity contribution in [1.82, 2.24) is 5.32 Å². The van der Waals surface area contributed by atoms with Crippen LogP contribution < -0.4 is 10.1 Å². The molecular formula is C19H27NO4. The Kier molecular flexibility index (Phi) is 6.64. The van der Waals surface area contributed by atoms with Gasteiger partial charge in [-0.1, -0.05) is 44.9 Å². The van der Waals surface area contributed by atoms with Crippen LogP contribution in [-0.2, 0) is 14.3 Å². The summed E-state index contributed by atoms with van der Waals surface area (Å²) in [6.07, 6.45) is 2.49. The number of amides is 1. The van der Waals surface area contributed by atoms with E-state index in [1.54, 1.807) is 19.1 Å². The minimum Gasteiger partial charge on any atom is -0.482 e. The Morgan fingerprint density at radius 1 is 1.21 bits per heavy atom. The molecule has 4 atom stereocenters. The van der Waals surface area contributed by atoms with Crippen LogP contribution in [-0.4, -0.2) is 30.6 Å². The Bertz CT molecular complexity index is 546. The molecule has 1 saturated carbocycles. The molecule has 0 aromatic heterocycles. The number of ether oxygens (including phenoxy) is 2. The van der Waals surface area contributed by atoms with Gasteiger partial charge in [0.05, 0.1) is 0 Å². The van der Waals surface area contributed by atoms with Gasteiger partial charge in [-0.15, -0.1) is 0 Å². The number of carbonyl (C=O) groups is 2. The normalized spacial score (nSPS) is 24.7. The second-order valence-corrected chi connectivity index (χ2v) is 6.62. The molecular weight excluding hydrogens is 306 g/mol. The van der Waals surface area contributed by atoms with E-state index in [9.17, 15) is 9.59 Å². The summed E-state index contributed by atoms with van der Waals surface area (Å²) >= 11 is 0. The topological polar surface area (TPSA) is 64.6 Å². The Morgan fingerprint density at radius 3 is 2.62 bits per heavy atom. The largest absolute Gasteiger partial charge is 0.482 e. The van der Waals surface area contributed by atoms with Gasteiger partial charge in [-0.2, -0.15) is 0 Å². The summed E-state index contributed by atoms with van der Waals surface area (Å²) in [5.41, 5.74) is 0. The van der Waals surface area contributed by atoms with Crippen LogP contribution in [0.1, 0.15) is 40.0 Å². The van der Waals surface area contributed by atoms with Gasteiger partial charge in [0.25, 0.3) is 5.91 Å². The van der Waals surface area contributed by atoms with E-state index in [0.29, 0.717) is 17.6 Å². The third kappa shape index (κ3) is 5.25. The first-order valence-corrected chi connectivity index (χ1v) is 8.65. The standard InChI is InChI=1S/C19H27NO4/c1-13-8-7-11-17(14(13)2)20-19(22)15(3)24-18(21)12-23-16-9-5-4-6-10-16/h4-6,9-10,13-15,17H,7-8,11-12H2,1-3H3,(H,20,22)/t13-,14+,15+,17-/m0/s1. The summed E-state index contributed by atoms with van der Waals surface area (Å²) in [6, 6.07) is 9.18. The average Bonchev–Trinajstić information content (AvgIpc) is 2.58. The van der Waals surface area contributed by atoms with E-state index < -0.39 is 12.1 Å². The van der Waals surface area contributed by atoms with Crippen LogP contribution in [0.3, 0.4) is 0 Å². The van der Waals surface area contributed by atoms with E-state index in [1.165, 1.54) is 6.42 Å². The molecule has 1 N–H and O–H groups in total. The molecule has 5 nitrogen and oxygen atoms in total. The quantitative estimate of drug-likeness (QED) is 0.813. The number of esters is 1. The molecule has 1 aliphatic carbocycles. The fourth-order valence-electron chi connectivity index (χ4n) is 3.03. The molecule has 1 aliphatic rings. The fraction of sp³-hybridized carbons (Fsp3) is 0.579. The van der Waals surface area contributed by atoms with Gasteiger partial charge in [0.15, 0.2) is 12.7 Å². The molecule has 1 aromatic rings. The summed E-state index contributed by atoms with van der Waals surface area (Å²) in [6.45, 7) is 5.76. The van der Waals surface area contributed by atoms with E-state index in [2.05, 4.69) is 19.2 Å². The van der Waals surface area contributed by atoms with E-state index in [4.69, 9.17) is 9.47 Å². The minimum absolute atomic E-state index is 0.156. The SMILES string of the molecule is C[C@H]1[C@@H](NC(=O)[C@@H](C)OC(=O)COc2ccccc2)CCC[C@@H]1C. The molecule has 1 aromatic carbocycles. The monoisotopic (exact) mass is 333 g/mol. The number of rotatable bonds is 6. The van der Waals surface area contributed by atoms with Crippen LogP contribution >= 0.6 is 0 Å². The van der Waals surface area contributed by atoms with Crippen molar-refractivity contribution in [3.8, 4) is 5.75 Å². The minimum atomic E-state index is -0.818. The van der Waals surface area contributed by atoms with Crippen molar-refractivity contribution in [1.29, 1.82) is 0 Å². The van der Waals surface area contributed by atoms with Gasteiger partial charge in [-0.25, -0.2) is 4.79 Å². The van der Waals surface area contributed by atoms with Crippen LogP contribution in [0, 0.1) is 11.8 Å². The van der Waals surface area contributed by atoms with Crippen molar-refractivity contribution < 1.29 is 19.1 Å². The smallest absolute Gasteiger partial charge is 0.344 e. The third-order valence-electron chi connectivity index (χ3n) is 4.81. The maximum atomic E-state index is 12.2. The molecule has 24 heavy (non-hydrogen) atoms. The molecule has 1 fully saturated rings. The molecule has 0 radical (unpaired) electrons. The average molecular weight is 333 g/mol. The number of carbonyl (C=O) groups excluding carboxylic acids is 2. The van der Waals surface area contributed by atoms with Crippen molar-refractivity contribution >= 4 is 11.9 Å². The number of hydrogen-bond acceptors (Lipinski definition) is 4. The first kappa shape index (κ1) is 18.3. The van der Waals surface area contributed by atoms with Crippen molar-refractivity contribution in [3.63, 3.8) is 0 Å². The summed E-state index contributed by atoms with van der Waals surface area (Å²) in [7, 11) is 0. The van der Waals surface area contributed by atoms with Crippen molar-refractivity contribution in [2.24, 2.45) is 11.8 Å². The van der Waals surface area contributed by atoms with Crippen LogP contribution in [0.2, 0.25) is 0 Å². The first-order valence-electron chi connectivity index (χ1n) is 8.65. The summed E-state index contributed by atoms with van der Waals surface area (Å²) < 4.78 is 10.5. The molecule has 0 unspecified atom stereocenters. The Labute approximate surface area is 143 Å².